The molecule has 2 aliphatic carbocycles. The van der Waals surface area contributed by atoms with Gasteiger partial charge >= 0.3 is 0 Å². The second kappa shape index (κ2) is 10.3. The summed E-state index contributed by atoms with van der Waals surface area (Å²) in [7, 11) is 0. The summed E-state index contributed by atoms with van der Waals surface area (Å²) in [5.41, 5.74) is 3.03. The van der Waals surface area contributed by atoms with Crippen LogP contribution in [-0.4, -0.2) is 24.0 Å². The topological polar surface area (TPSA) is 3.24 Å². The van der Waals surface area contributed by atoms with Crippen LogP contribution in [0.1, 0.15) is 68.9 Å². The van der Waals surface area contributed by atoms with Crippen LogP contribution in [0.2, 0.25) is 0 Å². The first-order valence-corrected chi connectivity index (χ1v) is 13.2. The van der Waals surface area contributed by atoms with E-state index >= 15 is 0 Å². The lowest BCUT2D eigenvalue weighted by Gasteiger charge is -2.42. The van der Waals surface area contributed by atoms with Crippen molar-refractivity contribution >= 4 is 0 Å². The molecule has 0 unspecified atom stereocenters. The number of benzene rings is 2. The SMILES string of the molecule is c1ccc(CC(Cc2ccccc2)C2CCC(N3CCC(CC4CC4)CC3)CC2)cc1. The van der Waals surface area contributed by atoms with E-state index in [0.29, 0.717) is 0 Å². The van der Waals surface area contributed by atoms with Gasteiger partial charge in [-0.2, -0.15) is 0 Å². The van der Waals surface area contributed by atoms with Gasteiger partial charge in [0.25, 0.3) is 0 Å². The molecule has 1 heteroatoms. The van der Waals surface area contributed by atoms with Crippen LogP contribution in [0.4, 0.5) is 0 Å². The maximum absolute atomic E-state index is 2.88. The minimum absolute atomic E-state index is 0.773. The maximum atomic E-state index is 2.88. The number of likely N-dealkylation sites (tertiary alicyclic amines) is 1. The van der Waals surface area contributed by atoms with Crippen LogP contribution in [0.5, 0.6) is 0 Å². The van der Waals surface area contributed by atoms with Crippen molar-refractivity contribution in [2.75, 3.05) is 13.1 Å². The molecule has 166 valence electrons. The normalized spacial score (nSPS) is 25.7. The molecule has 2 aromatic carbocycles. The molecule has 1 saturated heterocycles. The minimum Gasteiger partial charge on any atom is -0.300 e. The third kappa shape index (κ3) is 6.01. The van der Waals surface area contributed by atoms with Crippen molar-refractivity contribution in [2.24, 2.45) is 23.7 Å². The number of nitrogens with zero attached hydrogens (tertiary/aromatic N) is 1. The van der Waals surface area contributed by atoms with Crippen LogP contribution >= 0.6 is 0 Å². The molecule has 31 heavy (non-hydrogen) atoms. The highest BCUT2D eigenvalue weighted by Gasteiger charge is 2.33. The third-order valence-corrected chi connectivity index (χ3v) is 8.62. The van der Waals surface area contributed by atoms with Gasteiger partial charge < -0.3 is 4.90 Å². The molecule has 3 fully saturated rings. The summed E-state index contributed by atoms with van der Waals surface area (Å²) in [4.78, 5) is 2.88. The Bertz CT molecular complexity index is 723. The highest BCUT2D eigenvalue weighted by atomic mass is 15.2. The van der Waals surface area contributed by atoms with Crippen molar-refractivity contribution in [3.05, 3.63) is 71.8 Å². The summed E-state index contributed by atoms with van der Waals surface area (Å²) in [5.74, 6) is 3.80. The van der Waals surface area contributed by atoms with Crippen molar-refractivity contribution in [3.8, 4) is 0 Å². The van der Waals surface area contributed by atoms with E-state index in [1.165, 1.54) is 88.4 Å². The first-order chi connectivity index (χ1) is 15.3. The fraction of sp³-hybridized carbons (Fsp3) is 0.600. The van der Waals surface area contributed by atoms with Crippen LogP contribution in [0, 0.1) is 23.7 Å². The molecule has 0 atom stereocenters. The molecular formula is C30H41N. The van der Waals surface area contributed by atoms with Gasteiger partial charge in [0.15, 0.2) is 0 Å². The predicted octanol–water partition coefficient (Wildman–Crippen LogP) is 7.16. The first kappa shape index (κ1) is 21.3. The van der Waals surface area contributed by atoms with Gasteiger partial charge in [0, 0.05) is 6.04 Å². The minimum atomic E-state index is 0.773. The summed E-state index contributed by atoms with van der Waals surface area (Å²) < 4.78 is 0. The highest BCUT2D eigenvalue weighted by Crippen LogP contribution is 2.40. The standard InChI is InChI=1S/C30H41N/c1-3-7-24(8-4-1)22-29(23-25-9-5-2-6-10-25)28-13-15-30(16-14-28)31-19-17-27(18-20-31)21-26-11-12-26/h1-10,26-30H,11-23H2. The lowest BCUT2D eigenvalue weighted by atomic mass is 9.73. The van der Waals surface area contributed by atoms with Gasteiger partial charge in [0.1, 0.15) is 0 Å². The van der Waals surface area contributed by atoms with Gasteiger partial charge in [-0.3, -0.25) is 0 Å². The molecule has 0 N–H and O–H groups in total. The Kier molecular flexibility index (Phi) is 7.09. The largest absolute Gasteiger partial charge is 0.300 e. The van der Waals surface area contributed by atoms with Gasteiger partial charge in [-0.1, -0.05) is 73.5 Å². The molecule has 0 spiro atoms. The first-order valence-electron chi connectivity index (χ1n) is 13.2. The summed E-state index contributed by atoms with van der Waals surface area (Å²) in [6, 6.07) is 23.3. The number of rotatable bonds is 8. The predicted molar refractivity (Wildman–Crippen MR) is 131 cm³/mol. The van der Waals surface area contributed by atoms with Gasteiger partial charge in [0.2, 0.25) is 0 Å². The molecule has 0 radical (unpaired) electrons. The van der Waals surface area contributed by atoms with E-state index in [9.17, 15) is 0 Å². The van der Waals surface area contributed by atoms with Gasteiger partial charge in [-0.25, -0.2) is 0 Å². The summed E-state index contributed by atoms with van der Waals surface area (Å²) >= 11 is 0. The van der Waals surface area contributed by atoms with E-state index in [1.54, 1.807) is 6.42 Å². The Balaban J connectivity index is 1.16. The average molecular weight is 416 g/mol. The molecule has 1 nitrogen and oxygen atoms in total. The van der Waals surface area contributed by atoms with Crippen molar-refractivity contribution in [1.82, 2.24) is 4.90 Å². The molecular weight excluding hydrogens is 374 g/mol. The fourth-order valence-corrected chi connectivity index (χ4v) is 6.56. The van der Waals surface area contributed by atoms with E-state index in [4.69, 9.17) is 0 Å². The van der Waals surface area contributed by atoms with Crippen molar-refractivity contribution in [2.45, 2.75) is 76.7 Å². The molecule has 5 rings (SSSR count). The van der Waals surface area contributed by atoms with Gasteiger partial charge in [-0.15, -0.1) is 0 Å². The highest BCUT2D eigenvalue weighted by molar-refractivity contribution is 5.19. The van der Waals surface area contributed by atoms with E-state index in [2.05, 4.69) is 65.6 Å². The number of hydrogen-bond donors (Lipinski definition) is 0. The zero-order valence-electron chi connectivity index (χ0n) is 19.3. The molecule has 0 aromatic heterocycles. The summed E-state index contributed by atoms with van der Waals surface area (Å²) in [6.07, 6.45) is 15.7. The Labute approximate surface area is 190 Å². The molecule has 2 saturated carbocycles. The molecule has 3 aliphatic rings. The van der Waals surface area contributed by atoms with Crippen molar-refractivity contribution in [1.29, 1.82) is 0 Å². The number of hydrogen-bond acceptors (Lipinski definition) is 1. The molecule has 1 heterocycles. The van der Waals surface area contributed by atoms with E-state index in [1.807, 2.05) is 0 Å². The van der Waals surface area contributed by atoms with Crippen LogP contribution in [-0.2, 0) is 12.8 Å². The molecule has 0 amide bonds. The second-order valence-corrected chi connectivity index (χ2v) is 10.9. The van der Waals surface area contributed by atoms with E-state index in [0.717, 1.165) is 29.7 Å². The van der Waals surface area contributed by atoms with Gasteiger partial charge in [0.05, 0.1) is 0 Å². The fourth-order valence-electron chi connectivity index (χ4n) is 6.56. The second-order valence-electron chi connectivity index (χ2n) is 10.9. The van der Waals surface area contributed by atoms with Crippen LogP contribution in [0.25, 0.3) is 0 Å². The Hall–Kier alpha value is -1.60. The van der Waals surface area contributed by atoms with E-state index < -0.39 is 0 Å². The Morgan fingerprint density at radius 3 is 1.65 bits per heavy atom. The molecule has 2 aromatic rings. The third-order valence-electron chi connectivity index (χ3n) is 8.62. The number of piperidine rings is 1. The quantitative estimate of drug-likeness (QED) is 0.442. The summed E-state index contributed by atoms with van der Waals surface area (Å²) in [6.45, 7) is 2.76. The Morgan fingerprint density at radius 1 is 0.613 bits per heavy atom. The Morgan fingerprint density at radius 2 is 1.13 bits per heavy atom. The van der Waals surface area contributed by atoms with Crippen LogP contribution < -0.4 is 0 Å². The average Bonchev–Trinajstić information content (AvgIpc) is 3.65. The molecule has 1 aliphatic heterocycles. The maximum Gasteiger partial charge on any atom is 0.00954 e. The monoisotopic (exact) mass is 415 g/mol. The van der Waals surface area contributed by atoms with Crippen molar-refractivity contribution in [3.63, 3.8) is 0 Å². The zero-order chi connectivity index (χ0) is 20.9. The van der Waals surface area contributed by atoms with Crippen LogP contribution in [0.3, 0.4) is 0 Å². The molecule has 0 bridgehead atoms. The van der Waals surface area contributed by atoms with Gasteiger partial charge in [-0.05, 0) is 106 Å². The van der Waals surface area contributed by atoms with Crippen molar-refractivity contribution < 1.29 is 0 Å². The van der Waals surface area contributed by atoms with E-state index in [-0.39, 0.29) is 0 Å². The smallest absolute Gasteiger partial charge is 0.00954 e. The summed E-state index contributed by atoms with van der Waals surface area (Å²) in [5, 5.41) is 0. The lowest BCUT2D eigenvalue weighted by Crippen LogP contribution is -2.44. The zero-order valence-corrected chi connectivity index (χ0v) is 19.3. The lowest BCUT2D eigenvalue weighted by molar-refractivity contribution is 0.0804. The van der Waals surface area contributed by atoms with Crippen LogP contribution in [0.15, 0.2) is 60.7 Å².